The first-order valence-corrected chi connectivity index (χ1v) is 32.7. The van der Waals surface area contributed by atoms with E-state index in [9.17, 15) is 19.5 Å². The molecule has 0 fully saturated rings. The van der Waals surface area contributed by atoms with Crippen LogP contribution in [0.1, 0.15) is 258 Å². The molecule has 0 amide bonds. The SMILES string of the molecule is CC/C=C\C/C=C\C/C=C\C/C=C\C/C=C\C/C=C\C/C=C\C/C=C\CCCCCCCCCCCCCCCCCCC(=O)OC(COC(=O)CCCCCCC/C=C\C/C=C\CCCCC)COC(OCC[N+](C)(C)C)C(=O)[O-]. The Morgan fingerprint density at radius 1 is 0.383 bits per heavy atom. The summed E-state index contributed by atoms with van der Waals surface area (Å²) in [4.78, 5) is 37.3. The van der Waals surface area contributed by atoms with Crippen molar-refractivity contribution in [3.8, 4) is 0 Å². The first-order chi connectivity index (χ1) is 39.6. The molecule has 0 aliphatic rings. The van der Waals surface area contributed by atoms with Gasteiger partial charge in [-0.3, -0.25) is 9.59 Å². The van der Waals surface area contributed by atoms with E-state index in [1.807, 2.05) is 21.1 Å². The van der Waals surface area contributed by atoms with Gasteiger partial charge in [-0.15, -0.1) is 0 Å². The van der Waals surface area contributed by atoms with Crippen molar-refractivity contribution in [1.82, 2.24) is 0 Å². The Hall–Kier alpha value is -4.31. The number of carboxylic acid groups (broad SMARTS) is 1. The lowest BCUT2D eigenvalue weighted by Gasteiger charge is -2.26. The molecular formula is C72H121NO8. The average molecular weight is 1130 g/mol. The highest BCUT2D eigenvalue weighted by molar-refractivity contribution is 5.70. The van der Waals surface area contributed by atoms with Gasteiger partial charge in [0, 0.05) is 12.8 Å². The van der Waals surface area contributed by atoms with Crippen molar-refractivity contribution in [2.24, 2.45) is 0 Å². The van der Waals surface area contributed by atoms with E-state index < -0.39 is 24.3 Å². The van der Waals surface area contributed by atoms with Gasteiger partial charge >= 0.3 is 11.9 Å². The van der Waals surface area contributed by atoms with Crippen molar-refractivity contribution in [3.05, 3.63) is 122 Å². The van der Waals surface area contributed by atoms with E-state index in [2.05, 4.69) is 135 Å². The first-order valence-electron chi connectivity index (χ1n) is 32.7. The molecule has 462 valence electrons. The van der Waals surface area contributed by atoms with Crippen LogP contribution in [-0.4, -0.2) is 82.3 Å². The molecule has 0 aliphatic carbocycles. The number of allylic oxidation sites excluding steroid dienone is 20. The largest absolute Gasteiger partial charge is 0.545 e. The average Bonchev–Trinajstić information content (AvgIpc) is 3.44. The van der Waals surface area contributed by atoms with Crippen molar-refractivity contribution in [2.45, 2.75) is 270 Å². The van der Waals surface area contributed by atoms with Gasteiger partial charge in [-0.25, -0.2) is 0 Å². The van der Waals surface area contributed by atoms with Gasteiger partial charge in [0.2, 0.25) is 0 Å². The first kappa shape index (κ1) is 76.7. The summed E-state index contributed by atoms with van der Waals surface area (Å²) in [6, 6.07) is 0. The van der Waals surface area contributed by atoms with Crippen LogP contribution in [0.4, 0.5) is 0 Å². The zero-order valence-electron chi connectivity index (χ0n) is 52.6. The molecule has 9 heteroatoms. The van der Waals surface area contributed by atoms with E-state index >= 15 is 0 Å². The fraction of sp³-hybridized carbons (Fsp3) is 0.681. The molecule has 0 aromatic carbocycles. The van der Waals surface area contributed by atoms with Gasteiger partial charge in [-0.1, -0.05) is 257 Å². The maximum atomic E-state index is 12.9. The minimum Gasteiger partial charge on any atom is -0.545 e. The molecule has 0 heterocycles. The van der Waals surface area contributed by atoms with Crippen molar-refractivity contribution in [3.63, 3.8) is 0 Å². The second-order valence-corrected chi connectivity index (χ2v) is 22.7. The van der Waals surface area contributed by atoms with Gasteiger partial charge in [0.05, 0.1) is 40.3 Å². The van der Waals surface area contributed by atoms with E-state index in [4.69, 9.17) is 18.9 Å². The van der Waals surface area contributed by atoms with E-state index in [1.165, 1.54) is 109 Å². The van der Waals surface area contributed by atoms with E-state index in [1.54, 1.807) is 0 Å². The van der Waals surface area contributed by atoms with Crippen molar-refractivity contribution >= 4 is 17.9 Å². The second-order valence-electron chi connectivity index (χ2n) is 22.7. The Morgan fingerprint density at radius 3 is 1.05 bits per heavy atom. The highest BCUT2D eigenvalue weighted by Crippen LogP contribution is 2.16. The summed E-state index contributed by atoms with van der Waals surface area (Å²) in [7, 11) is 5.92. The van der Waals surface area contributed by atoms with E-state index in [-0.39, 0.29) is 38.6 Å². The Labute approximate surface area is 497 Å². The Bertz CT molecular complexity index is 1740. The van der Waals surface area contributed by atoms with Crippen LogP contribution in [0.2, 0.25) is 0 Å². The Kier molecular flexibility index (Phi) is 58.5. The van der Waals surface area contributed by atoms with Crippen LogP contribution in [0.25, 0.3) is 0 Å². The minimum absolute atomic E-state index is 0.142. The quantitative estimate of drug-likeness (QED) is 0.0195. The van der Waals surface area contributed by atoms with Crippen LogP contribution in [0.5, 0.6) is 0 Å². The third-order valence-electron chi connectivity index (χ3n) is 13.7. The van der Waals surface area contributed by atoms with Crippen LogP contribution in [0, 0.1) is 0 Å². The lowest BCUT2D eigenvalue weighted by atomic mass is 10.0. The molecule has 0 bridgehead atoms. The predicted molar refractivity (Wildman–Crippen MR) is 343 cm³/mol. The number of likely N-dealkylation sites (N-methyl/N-ethyl adjacent to an activating group) is 1. The number of hydrogen-bond donors (Lipinski definition) is 0. The molecule has 2 unspecified atom stereocenters. The van der Waals surface area contributed by atoms with Gasteiger partial charge in [-0.05, 0) is 109 Å². The van der Waals surface area contributed by atoms with Crippen molar-refractivity contribution in [2.75, 3.05) is 47.5 Å². The fourth-order valence-corrected chi connectivity index (χ4v) is 8.70. The number of carbonyl (C=O) groups excluding carboxylic acids is 3. The maximum Gasteiger partial charge on any atom is 0.306 e. The Balaban J connectivity index is 4.05. The number of esters is 2. The van der Waals surface area contributed by atoms with Gasteiger partial charge < -0.3 is 33.3 Å². The topological polar surface area (TPSA) is 111 Å². The fourth-order valence-electron chi connectivity index (χ4n) is 8.70. The molecule has 0 aromatic heterocycles. The van der Waals surface area contributed by atoms with E-state index in [0.717, 1.165) is 116 Å². The third kappa shape index (κ3) is 63.1. The van der Waals surface area contributed by atoms with Crippen LogP contribution in [-0.2, 0) is 33.3 Å². The van der Waals surface area contributed by atoms with Gasteiger partial charge in [-0.2, -0.15) is 0 Å². The third-order valence-corrected chi connectivity index (χ3v) is 13.7. The summed E-state index contributed by atoms with van der Waals surface area (Å²) in [5.74, 6) is -2.30. The van der Waals surface area contributed by atoms with Gasteiger partial charge in [0.25, 0.3) is 0 Å². The molecule has 0 aromatic rings. The number of rotatable bonds is 59. The summed E-state index contributed by atoms with van der Waals surface area (Å²) in [5.41, 5.74) is 0. The lowest BCUT2D eigenvalue weighted by molar-refractivity contribution is -0.870. The number of hydrogen-bond acceptors (Lipinski definition) is 8. The van der Waals surface area contributed by atoms with Crippen LogP contribution >= 0.6 is 0 Å². The molecule has 0 saturated carbocycles. The zero-order valence-corrected chi connectivity index (χ0v) is 52.6. The summed E-state index contributed by atoms with van der Waals surface area (Å²) in [5, 5.41) is 11.8. The molecule has 2 atom stereocenters. The Morgan fingerprint density at radius 2 is 0.704 bits per heavy atom. The molecule has 0 spiro atoms. The molecule has 0 rings (SSSR count). The van der Waals surface area contributed by atoms with E-state index in [0.29, 0.717) is 17.4 Å². The number of aliphatic carboxylic acids is 1. The van der Waals surface area contributed by atoms with Gasteiger partial charge in [0.15, 0.2) is 12.4 Å². The van der Waals surface area contributed by atoms with Crippen LogP contribution in [0.3, 0.4) is 0 Å². The summed E-state index contributed by atoms with van der Waals surface area (Å²) in [6.45, 7) is 4.59. The number of ether oxygens (including phenoxy) is 4. The summed E-state index contributed by atoms with van der Waals surface area (Å²) in [6.07, 6.45) is 84.2. The normalized spacial score (nSPS) is 13.5. The smallest absolute Gasteiger partial charge is 0.306 e. The number of carboxylic acids is 1. The molecule has 0 radical (unpaired) electrons. The summed E-state index contributed by atoms with van der Waals surface area (Å²) >= 11 is 0. The molecular weight excluding hydrogens is 1010 g/mol. The van der Waals surface area contributed by atoms with Gasteiger partial charge in [0.1, 0.15) is 13.2 Å². The highest BCUT2D eigenvalue weighted by atomic mass is 16.7. The standard InChI is InChI=1S/C72H121NO8/c1-6-8-10-12-14-16-18-20-22-23-24-25-26-27-28-29-30-31-32-33-34-35-36-37-38-39-40-41-42-43-44-45-46-47-49-51-53-55-57-59-61-63-70(75)81-68(67-80-72(71(76)77)78-65-64-73(3,4)5)66-79-69(74)62-60-58-56-54-52-50-48-21-19-17-15-13-11-9-7-2/h8,10,14-17,20-22,24-25,27-28,30-31,33-34,36-37,48,68,72H,6-7,9,11-13,18-19,23,26,29,32,35,38-47,49-67H2,1-5H3/b10-8-,16-14-,17-15-,22-20-,25-24-,28-27-,31-30-,34-33-,37-36-,48-21-. The monoisotopic (exact) mass is 1130 g/mol. The number of nitrogens with zero attached hydrogens (tertiary/aromatic N) is 1. The predicted octanol–water partition coefficient (Wildman–Crippen LogP) is 18.7. The van der Waals surface area contributed by atoms with Crippen LogP contribution < -0.4 is 5.11 Å². The minimum atomic E-state index is -1.63. The van der Waals surface area contributed by atoms with Crippen molar-refractivity contribution < 1.29 is 42.9 Å². The maximum absolute atomic E-state index is 12.9. The molecule has 0 saturated heterocycles. The number of unbranched alkanes of at least 4 members (excludes halogenated alkanes) is 24. The van der Waals surface area contributed by atoms with Crippen molar-refractivity contribution in [1.29, 1.82) is 0 Å². The zero-order chi connectivity index (χ0) is 59.1. The molecule has 0 N–H and O–H groups in total. The molecule has 81 heavy (non-hydrogen) atoms. The lowest BCUT2D eigenvalue weighted by Crippen LogP contribution is -2.44. The molecule has 0 aliphatic heterocycles. The second kappa shape index (κ2) is 61.8. The van der Waals surface area contributed by atoms with Crippen LogP contribution in [0.15, 0.2) is 122 Å². The summed E-state index contributed by atoms with van der Waals surface area (Å²) < 4.78 is 22.7. The molecule has 9 nitrogen and oxygen atoms in total. The number of quaternary nitrogens is 1. The number of carbonyl (C=O) groups is 3. The highest BCUT2D eigenvalue weighted by Gasteiger charge is 2.22.